The van der Waals surface area contributed by atoms with Gasteiger partial charge in [0.15, 0.2) is 0 Å². The second kappa shape index (κ2) is 6.48. The van der Waals surface area contributed by atoms with Crippen molar-refractivity contribution in [1.82, 2.24) is 0 Å². The molecule has 0 heterocycles. The number of methoxy groups -OCH3 is 2. The van der Waals surface area contributed by atoms with Gasteiger partial charge in [0.25, 0.3) is 0 Å². The van der Waals surface area contributed by atoms with E-state index in [-0.39, 0.29) is 0 Å². The number of anilines is 1. The molecule has 0 bridgehead atoms. The first-order valence-corrected chi connectivity index (χ1v) is 6.72. The quantitative estimate of drug-likeness (QED) is 0.900. The molecule has 0 aliphatic heterocycles. The molecule has 0 amide bonds. The lowest BCUT2D eigenvalue weighted by molar-refractivity contribution is 0.412. The number of benzene rings is 2. The third kappa shape index (κ3) is 3.64. The van der Waals surface area contributed by atoms with Crippen LogP contribution in [0.15, 0.2) is 46.9 Å². The third-order valence-electron chi connectivity index (χ3n) is 2.78. The number of hydrogen-bond donors (Lipinski definition) is 1. The Morgan fingerprint density at radius 2 is 1.89 bits per heavy atom. The van der Waals surface area contributed by atoms with Crippen LogP contribution in [-0.2, 0) is 6.54 Å². The standard InChI is InChI=1S/C15H16BrNO2/c1-18-13-5-3-4-12(9-13)17-10-11-6-7-15(19-2)14(16)8-11/h3-9,17H,10H2,1-2H3. The Bertz CT molecular complexity index is 558. The van der Waals surface area contributed by atoms with E-state index in [0.29, 0.717) is 0 Å². The molecule has 1 N–H and O–H groups in total. The lowest BCUT2D eigenvalue weighted by Gasteiger charge is -2.10. The van der Waals surface area contributed by atoms with Crippen molar-refractivity contribution in [3.05, 3.63) is 52.5 Å². The largest absolute Gasteiger partial charge is 0.497 e. The van der Waals surface area contributed by atoms with Gasteiger partial charge in [-0.25, -0.2) is 0 Å². The maximum atomic E-state index is 5.21. The van der Waals surface area contributed by atoms with Gasteiger partial charge < -0.3 is 14.8 Å². The second-order valence-electron chi connectivity index (χ2n) is 4.05. The minimum absolute atomic E-state index is 0.746. The molecule has 0 saturated carbocycles. The maximum absolute atomic E-state index is 5.21. The van der Waals surface area contributed by atoms with Crippen molar-refractivity contribution in [3.63, 3.8) is 0 Å². The van der Waals surface area contributed by atoms with E-state index in [1.54, 1.807) is 14.2 Å². The molecular weight excluding hydrogens is 306 g/mol. The van der Waals surface area contributed by atoms with Gasteiger partial charge in [-0.2, -0.15) is 0 Å². The summed E-state index contributed by atoms with van der Waals surface area (Å²) in [4.78, 5) is 0. The highest BCUT2D eigenvalue weighted by Gasteiger charge is 2.01. The van der Waals surface area contributed by atoms with E-state index in [9.17, 15) is 0 Å². The topological polar surface area (TPSA) is 30.5 Å². The van der Waals surface area contributed by atoms with E-state index < -0.39 is 0 Å². The highest BCUT2D eigenvalue weighted by molar-refractivity contribution is 9.10. The van der Waals surface area contributed by atoms with Crippen LogP contribution in [0.2, 0.25) is 0 Å². The zero-order valence-electron chi connectivity index (χ0n) is 10.9. The van der Waals surface area contributed by atoms with Crippen molar-refractivity contribution < 1.29 is 9.47 Å². The summed E-state index contributed by atoms with van der Waals surface area (Å²) in [7, 11) is 3.33. The van der Waals surface area contributed by atoms with Crippen molar-refractivity contribution in [2.45, 2.75) is 6.54 Å². The first-order valence-electron chi connectivity index (χ1n) is 5.93. The molecule has 0 saturated heterocycles. The fourth-order valence-electron chi connectivity index (χ4n) is 1.76. The number of halogens is 1. The Morgan fingerprint density at radius 3 is 2.58 bits per heavy atom. The summed E-state index contributed by atoms with van der Waals surface area (Å²) in [5.41, 5.74) is 2.21. The molecule has 0 unspecified atom stereocenters. The van der Waals surface area contributed by atoms with E-state index in [4.69, 9.17) is 9.47 Å². The van der Waals surface area contributed by atoms with Crippen molar-refractivity contribution in [3.8, 4) is 11.5 Å². The molecule has 100 valence electrons. The molecule has 3 nitrogen and oxygen atoms in total. The summed E-state index contributed by atoms with van der Waals surface area (Å²) in [6.07, 6.45) is 0. The molecule has 0 radical (unpaired) electrons. The summed E-state index contributed by atoms with van der Waals surface area (Å²) >= 11 is 3.48. The van der Waals surface area contributed by atoms with Crippen LogP contribution in [0.1, 0.15) is 5.56 Å². The Hall–Kier alpha value is -1.68. The molecule has 0 aromatic heterocycles. The Balaban J connectivity index is 2.03. The molecule has 0 aliphatic rings. The molecule has 2 aromatic carbocycles. The molecule has 0 atom stereocenters. The highest BCUT2D eigenvalue weighted by Crippen LogP contribution is 2.26. The van der Waals surface area contributed by atoms with Gasteiger partial charge in [-0.1, -0.05) is 12.1 Å². The van der Waals surface area contributed by atoms with Gasteiger partial charge in [-0.3, -0.25) is 0 Å². The van der Waals surface area contributed by atoms with E-state index in [2.05, 4.69) is 21.2 Å². The molecule has 19 heavy (non-hydrogen) atoms. The number of rotatable bonds is 5. The first kappa shape index (κ1) is 13.7. The Labute approximate surface area is 121 Å². The molecule has 2 rings (SSSR count). The second-order valence-corrected chi connectivity index (χ2v) is 4.91. The molecular formula is C15H16BrNO2. The zero-order valence-corrected chi connectivity index (χ0v) is 12.5. The molecule has 0 fully saturated rings. The normalized spacial score (nSPS) is 10.1. The van der Waals surface area contributed by atoms with Gasteiger partial charge in [0.1, 0.15) is 11.5 Å². The lowest BCUT2D eigenvalue weighted by atomic mass is 10.2. The summed E-state index contributed by atoms with van der Waals surface area (Å²) < 4.78 is 11.4. The van der Waals surface area contributed by atoms with Gasteiger partial charge in [0.05, 0.1) is 18.7 Å². The van der Waals surface area contributed by atoms with Gasteiger partial charge in [0.2, 0.25) is 0 Å². The van der Waals surface area contributed by atoms with E-state index in [1.807, 2.05) is 42.5 Å². The van der Waals surface area contributed by atoms with Crippen molar-refractivity contribution in [2.24, 2.45) is 0 Å². The minimum Gasteiger partial charge on any atom is -0.497 e. The van der Waals surface area contributed by atoms with Crippen molar-refractivity contribution in [1.29, 1.82) is 0 Å². The van der Waals surface area contributed by atoms with E-state index in [1.165, 1.54) is 5.56 Å². The van der Waals surface area contributed by atoms with E-state index >= 15 is 0 Å². The van der Waals surface area contributed by atoms with Crippen molar-refractivity contribution >= 4 is 21.6 Å². The lowest BCUT2D eigenvalue weighted by Crippen LogP contribution is -2.00. The number of ether oxygens (including phenoxy) is 2. The zero-order chi connectivity index (χ0) is 13.7. The van der Waals surface area contributed by atoms with Crippen LogP contribution in [0, 0.1) is 0 Å². The molecule has 0 spiro atoms. The average molecular weight is 322 g/mol. The fraction of sp³-hybridized carbons (Fsp3) is 0.200. The van der Waals surface area contributed by atoms with Crippen LogP contribution in [0.25, 0.3) is 0 Å². The van der Waals surface area contributed by atoms with Crippen LogP contribution < -0.4 is 14.8 Å². The van der Waals surface area contributed by atoms with Gasteiger partial charge in [-0.05, 0) is 45.8 Å². The SMILES string of the molecule is COc1cccc(NCc2ccc(OC)c(Br)c2)c1. The maximum Gasteiger partial charge on any atom is 0.133 e. The molecule has 2 aromatic rings. The Kier molecular flexibility index (Phi) is 4.68. The van der Waals surface area contributed by atoms with Crippen LogP contribution in [0.3, 0.4) is 0 Å². The van der Waals surface area contributed by atoms with Crippen LogP contribution >= 0.6 is 15.9 Å². The predicted molar refractivity (Wildman–Crippen MR) is 81.0 cm³/mol. The van der Waals surface area contributed by atoms with Gasteiger partial charge in [0, 0.05) is 18.3 Å². The number of nitrogens with one attached hydrogen (secondary N) is 1. The smallest absolute Gasteiger partial charge is 0.133 e. The Morgan fingerprint density at radius 1 is 1.05 bits per heavy atom. The molecule has 4 heteroatoms. The first-order chi connectivity index (χ1) is 9.22. The summed E-state index contributed by atoms with van der Waals surface area (Å²) in [6, 6.07) is 13.9. The third-order valence-corrected chi connectivity index (χ3v) is 3.40. The highest BCUT2D eigenvalue weighted by atomic mass is 79.9. The van der Waals surface area contributed by atoms with Gasteiger partial charge >= 0.3 is 0 Å². The predicted octanol–water partition coefficient (Wildman–Crippen LogP) is 4.08. The van der Waals surface area contributed by atoms with Gasteiger partial charge in [-0.15, -0.1) is 0 Å². The average Bonchev–Trinajstić information content (AvgIpc) is 2.45. The number of hydrogen-bond acceptors (Lipinski definition) is 3. The van der Waals surface area contributed by atoms with E-state index in [0.717, 1.165) is 28.2 Å². The van der Waals surface area contributed by atoms with Crippen LogP contribution in [0.4, 0.5) is 5.69 Å². The van der Waals surface area contributed by atoms with Crippen LogP contribution in [0.5, 0.6) is 11.5 Å². The fourth-order valence-corrected chi connectivity index (χ4v) is 2.35. The molecule has 0 aliphatic carbocycles. The van der Waals surface area contributed by atoms with Crippen molar-refractivity contribution in [2.75, 3.05) is 19.5 Å². The summed E-state index contributed by atoms with van der Waals surface area (Å²) in [5, 5.41) is 3.36. The summed E-state index contributed by atoms with van der Waals surface area (Å²) in [5.74, 6) is 1.69. The summed E-state index contributed by atoms with van der Waals surface area (Å²) in [6.45, 7) is 0.746. The minimum atomic E-state index is 0.746. The monoisotopic (exact) mass is 321 g/mol. The van der Waals surface area contributed by atoms with Crippen LogP contribution in [-0.4, -0.2) is 14.2 Å².